The van der Waals surface area contributed by atoms with E-state index in [1.165, 1.54) is 12.1 Å². The number of rotatable bonds is 3. The lowest BCUT2D eigenvalue weighted by Crippen LogP contribution is -2.50. The summed E-state index contributed by atoms with van der Waals surface area (Å²) in [7, 11) is 0. The molecule has 3 aromatic rings. The molecule has 2 amide bonds. The number of piperazine rings is 1. The number of carbonyl (C=O) groups excluding carboxylic acids is 2. The van der Waals surface area contributed by atoms with Gasteiger partial charge in [-0.25, -0.2) is 9.07 Å². The molecule has 5 rings (SSSR count). The Hall–Kier alpha value is -2.90. The minimum atomic E-state index is -0.315. The standard InChI is InChI=1S/C24H21Cl2FN4O2/c25-19-5-1-4-18(21(19)26)23(32)29-11-13-30(14-12-29)24(33)22-17-3-2-6-20(17)31(28-22)16-9-7-15(27)8-10-16/h1,4-5,7-10H,2-3,6,11-14H2. The summed E-state index contributed by atoms with van der Waals surface area (Å²) < 4.78 is 15.1. The zero-order chi connectivity index (χ0) is 23.1. The van der Waals surface area contributed by atoms with Crippen LogP contribution in [-0.2, 0) is 12.8 Å². The highest BCUT2D eigenvalue weighted by Crippen LogP contribution is 2.30. The lowest BCUT2D eigenvalue weighted by molar-refractivity contribution is 0.0531. The molecule has 2 heterocycles. The third kappa shape index (κ3) is 4.00. The summed E-state index contributed by atoms with van der Waals surface area (Å²) in [4.78, 5) is 29.7. The summed E-state index contributed by atoms with van der Waals surface area (Å²) in [6.45, 7) is 1.60. The van der Waals surface area contributed by atoms with Gasteiger partial charge in [0.2, 0.25) is 0 Å². The van der Waals surface area contributed by atoms with E-state index in [4.69, 9.17) is 23.2 Å². The van der Waals surface area contributed by atoms with Crippen LogP contribution in [0.5, 0.6) is 0 Å². The lowest BCUT2D eigenvalue weighted by Gasteiger charge is -2.34. The van der Waals surface area contributed by atoms with Crippen LogP contribution in [0.4, 0.5) is 4.39 Å². The number of halogens is 3. The van der Waals surface area contributed by atoms with E-state index in [0.717, 1.165) is 36.2 Å². The van der Waals surface area contributed by atoms with Gasteiger partial charge in [-0.05, 0) is 55.7 Å². The van der Waals surface area contributed by atoms with Gasteiger partial charge < -0.3 is 9.80 Å². The molecule has 33 heavy (non-hydrogen) atoms. The minimum Gasteiger partial charge on any atom is -0.335 e. The van der Waals surface area contributed by atoms with E-state index in [-0.39, 0.29) is 22.7 Å². The van der Waals surface area contributed by atoms with Crippen LogP contribution in [0.25, 0.3) is 5.69 Å². The molecule has 1 fully saturated rings. The third-order valence-electron chi connectivity index (χ3n) is 6.24. The van der Waals surface area contributed by atoms with Crippen molar-refractivity contribution in [2.45, 2.75) is 19.3 Å². The van der Waals surface area contributed by atoms with Gasteiger partial charge in [0.05, 0.1) is 21.3 Å². The molecule has 170 valence electrons. The molecule has 0 N–H and O–H groups in total. The predicted octanol–water partition coefficient (Wildman–Crippen LogP) is 4.41. The zero-order valence-corrected chi connectivity index (χ0v) is 19.2. The van der Waals surface area contributed by atoms with Crippen LogP contribution in [0, 0.1) is 5.82 Å². The second-order valence-corrected chi connectivity index (χ2v) is 8.99. The van der Waals surface area contributed by atoms with Gasteiger partial charge in [0.25, 0.3) is 11.8 Å². The van der Waals surface area contributed by atoms with Crippen molar-refractivity contribution in [2.24, 2.45) is 0 Å². The van der Waals surface area contributed by atoms with Gasteiger partial charge in [-0.1, -0.05) is 29.3 Å². The first-order valence-corrected chi connectivity index (χ1v) is 11.6. The molecule has 2 aromatic carbocycles. The number of nitrogens with zero attached hydrogens (tertiary/aromatic N) is 4. The van der Waals surface area contributed by atoms with Gasteiger partial charge in [0, 0.05) is 37.4 Å². The lowest BCUT2D eigenvalue weighted by atomic mass is 10.1. The molecule has 0 radical (unpaired) electrons. The van der Waals surface area contributed by atoms with Crippen molar-refractivity contribution in [3.8, 4) is 5.69 Å². The van der Waals surface area contributed by atoms with E-state index in [9.17, 15) is 14.0 Å². The quantitative estimate of drug-likeness (QED) is 0.550. The van der Waals surface area contributed by atoms with E-state index >= 15 is 0 Å². The van der Waals surface area contributed by atoms with Crippen molar-refractivity contribution in [1.29, 1.82) is 0 Å². The molecule has 2 aliphatic rings. The number of hydrogen-bond donors (Lipinski definition) is 0. The smallest absolute Gasteiger partial charge is 0.274 e. The Bertz CT molecular complexity index is 1230. The topological polar surface area (TPSA) is 58.4 Å². The van der Waals surface area contributed by atoms with Crippen molar-refractivity contribution in [3.63, 3.8) is 0 Å². The molecule has 1 aliphatic carbocycles. The Morgan fingerprint density at radius 3 is 2.24 bits per heavy atom. The number of fused-ring (bicyclic) bond motifs is 1. The van der Waals surface area contributed by atoms with Gasteiger partial charge in [0.15, 0.2) is 5.69 Å². The Labute approximate surface area is 200 Å². The summed E-state index contributed by atoms with van der Waals surface area (Å²) >= 11 is 12.3. The van der Waals surface area contributed by atoms with Gasteiger partial charge in [-0.2, -0.15) is 5.10 Å². The molecule has 0 bridgehead atoms. The molecule has 6 nitrogen and oxygen atoms in total. The molecule has 0 atom stereocenters. The molecule has 0 spiro atoms. The van der Waals surface area contributed by atoms with E-state index in [1.54, 1.807) is 44.8 Å². The van der Waals surface area contributed by atoms with E-state index in [0.29, 0.717) is 42.5 Å². The number of amides is 2. The second kappa shape index (κ2) is 8.80. The molecular weight excluding hydrogens is 466 g/mol. The number of aromatic nitrogens is 2. The van der Waals surface area contributed by atoms with Crippen LogP contribution in [0.1, 0.15) is 38.5 Å². The minimum absolute atomic E-state index is 0.137. The van der Waals surface area contributed by atoms with Gasteiger partial charge >= 0.3 is 0 Å². The monoisotopic (exact) mass is 486 g/mol. The summed E-state index contributed by atoms with van der Waals surface area (Å²) in [5, 5.41) is 5.20. The first-order valence-electron chi connectivity index (χ1n) is 10.8. The average molecular weight is 487 g/mol. The predicted molar refractivity (Wildman–Crippen MR) is 124 cm³/mol. The average Bonchev–Trinajstić information content (AvgIpc) is 3.44. The Balaban J connectivity index is 1.33. The summed E-state index contributed by atoms with van der Waals surface area (Å²) in [5.74, 6) is -0.650. The van der Waals surface area contributed by atoms with Crippen LogP contribution in [0.15, 0.2) is 42.5 Å². The van der Waals surface area contributed by atoms with Crippen LogP contribution < -0.4 is 0 Å². The van der Waals surface area contributed by atoms with Crippen molar-refractivity contribution in [1.82, 2.24) is 19.6 Å². The maximum atomic E-state index is 13.4. The highest BCUT2D eigenvalue weighted by Gasteiger charge is 2.32. The highest BCUT2D eigenvalue weighted by atomic mass is 35.5. The van der Waals surface area contributed by atoms with Gasteiger partial charge in [-0.15, -0.1) is 0 Å². The molecule has 0 unspecified atom stereocenters. The summed E-state index contributed by atoms with van der Waals surface area (Å²) in [6.07, 6.45) is 2.58. The van der Waals surface area contributed by atoms with Gasteiger partial charge in [0.1, 0.15) is 5.82 Å². The second-order valence-electron chi connectivity index (χ2n) is 8.20. The van der Waals surface area contributed by atoms with Crippen molar-refractivity contribution >= 4 is 35.0 Å². The SMILES string of the molecule is O=C(c1cccc(Cl)c1Cl)N1CCN(C(=O)c2nn(-c3ccc(F)cc3)c3c2CCC3)CC1. The molecule has 9 heteroatoms. The number of hydrogen-bond acceptors (Lipinski definition) is 3. The normalized spacial score (nSPS) is 15.6. The first-order chi connectivity index (χ1) is 15.9. The van der Waals surface area contributed by atoms with Crippen molar-refractivity contribution < 1.29 is 14.0 Å². The maximum absolute atomic E-state index is 13.4. The fourth-order valence-electron chi connectivity index (χ4n) is 4.51. The fraction of sp³-hybridized carbons (Fsp3) is 0.292. The Morgan fingerprint density at radius 1 is 0.879 bits per heavy atom. The third-order valence-corrected chi connectivity index (χ3v) is 7.06. The fourth-order valence-corrected chi connectivity index (χ4v) is 4.89. The van der Waals surface area contributed by atoms with Crippen LogP contribution in [0.2, 0.25) is 10.0 Å². The van der Waals surface area contributed by atoms with E-state index in [1.807, 2.05) is 0 Å². The van der Waals surface area contributed by atoms with Crippen molar-refractivity contribution in [2.75, 3.05) is 26.2 Å². The first kappa shape index (κ1) is 21.9. The molecule has 1 aliphatic heterocycles. The maximum Gasteiger partial charge on any atom is 0.274 e. The van der Waals surface area contributed by atoms with Gasteiger partial charge in [-0.3, -0.25) is 9.59 Å². The van der Waals surface area contributed by atoms with Crippen LogP contribution >= 0.6 is 23.2 Å². The Morgan fingerprint density at radius 2 is 1.55 bits per heavy atom. The summed E-state index contributed by atoms with van der Waals surface area (Å²) in [6, 6.07) is 11.1. The zero-order valence-electron chi connectivity index (χ0n) is 17.7. The molecule has 0 saturated carbocycles. The molecular formula is C24H21Cl2FN4O2. The summed E-state index contributed by atoms with van der Waals surface area (Å²) in [5.41, 5.74) is 3.52. The van der Waals surface area contributed by atoms with Crippen LogP contribution in [-0.4, -0.2) is 57.6 Å². The number of benzene rings is 2. The largest absolute Gasteiger partial charge is 0.335 e. The van der Waals surface area contributed by atoms with Crippen LogP contribution in [0.3, 0.4) is 0 Å². The molecule has 1 saturated heterocycles. The van der Waals surface area contributed by atoms with E-state index in [2.05, 4.69) is 5.10 Å². The van der Waals surface area contributed by atoms with E-state index < -0.39 is 0 Å². The highest BCUT2D eigenvalue weighted by molar-refractivity contribution is 6.43. The Kier molecular flexibility index (Phi) is 5.85. The number of carbonyl (C=O) groups is 2. The van der Waals surface area contributed by atoms with Crippen molar-refractivity contribution in [3.05, 3.63) is 80.8 Å². The molecule has 1 aromatic heterocycles.